The summed E-state index contributed by atoms with van der Waals surface area (Å²) in [5, 5.41) is 4.26. The number of nitrogens with zero attached hydrogens (tertiary/aromatic N) is 3. The molecule has 1 heterocycles. The first-order valence-electron chi connectivity index (χ1n) is 8.90. The van der Waals surface area contributed by atoms with Crippen molar-refractivity contribution in [3.63, 3.8) is 0 Å². The Hall–Kier alpha value is -2.63. The molecule has 2 rings (SSSR count). The van der Waals surface area contributed by atoms with Gasteiger partial charge in [0.2, 0.25) is 0 Å². The first-order chi connectivity index (χ1) is 12.3. The standard InChI is InChI=1S/C20H27N3O3/c1-14(2)23(15(3)4)20(25)16(5)26-19(24)11-17-12-21-22(13-17)18-9-7-6-8-10-18/h6-10,12-16H,11H2,1-5H3. The van der Waals surface area contributed by atoms with Gasteiger partial charge in [0.05, 0.1) is 18.3 Å². The van der Waals surface area contributed by atoms with E-state index in [0.717, 1.165) is 11.3 Å². The molecule has 0 bridgehead atoms. The van der Waals surface area contributed by atoms with Gasteiger partial charge in [-0.2, -0.15) is 5.10 Å². The summed E-state index contributed by atoms with van der Waals surface area (Å²) < 4.78 is 7.05. The largest absolute Gasteiger partial charge is 0.452 e. The van der Waals surface area contributed by atoms with E-state index in [1.807, 2.05) is 58.0 Å². The number of ether oxygens (including phenoxy) is 1. The average Bonchev–Trinajstić information content (AvgIpc) is 3.03. The molecule has 0 radical (unpaired) electrons. The smallest absolute Gasteiger partial charge is 0.311 e. The summed E-state index contributed by atoms with van der Waals surface area (Å²) in [6.07, 6.45) is 2.69. The van der Waals surface area contributed by atoms with E-state index >= 15 is 0 Å². The Labute approximate surface area is 154 Å². The van der Waals surface area contributed by atoms with Crippen molar-refractivity contribution in [2.45, 2.75) is 59.2 Å². The van der Waals surface area contributed by atoms with E-state index < -0.39 is 12.1 Å². The second-order valence-corrected chi connectivity index (χ2v) is 6.87. The molecule has 140 valence electrons. The number of esters is 1. The van der Waals surface area contributed by atoms with Crippen molar-refractivity contribution in [2.75, 3.05) is 0 Å². The summed E-state index contributed by atoms with van der Waals surface area (Å²) in [6.45, 7) is 9.41. The molecule has 0 saturated carbocycles. The third kappa shape index (κ3) is 4.94. The number of carbonyl (C=O) groups is 2. The predicted octanol–water partition coefficient (Wildman–Crippen LogP) is 2.99. The summed E-state index contributed by atoms with van der Waals surface area (Å²) in [7, 11) is 0. The van der Waals surface area contributed by atoms with E-state index in [1.54, 1.807) is 28.9 Å². The Balaban J connectivity index is 1.96. The van der Waals surface area contributed by atoms with E-state index in [4.69, 9.17) is 4.74 Å². The lowest BCUT2D eigenvalue weighted by atomic mass is 10.2. The van der Waals surface area contributed by atoms with E-state index in [0.29, 0.717) is 0 Å². The molecular formula is C20H27N3O3. The maximum Gasteiger partial charge on any atom is 0.311 e. The molecule has 6 heteroatoms. The lowest BCUT2D eigenvalue weighted by Gasteiger charge is -2.32. The summed E-state index contributed by atoms with van der Waals surface area (Å²) >= 11 is 0. The molecule has 1 aromatic heterocycles. The van der Waals surface area contributed by atoms with Crippen LogP contribution in [0.2, 0.25) is 0 Å². The van der Waals surface area contributed by atoms with Crippen LogP contribution in [0.3, 0.4) is 0 Å². The fourth-order valence-electron chi connectivity index (χ4n) is 2.94. The molecule has 2 aromatic rings. The van der Waals surface area contributed by atoms with Crippen molar-refractivity contribution >= 4 is 11.9 Å². The zero-order chi connectivity index (χ0) is 19.3. The quantitative estimate of drug-likeness (QED) is 0.715. The summed E-state index contributed by atoms with van der Waals surface area (Å²) in [5.74, 6) is -0.616. The maximum absolute atomic E-state index is 12.5. The van der Waals surface area contributed by atoms with Crippen LogP contribution in [0.25, 0.3) is 5.69 Å². The second-order valence-electron chi connectivity index (χ2n) is 6.87. The zero-order valence-electron chi connectivity index (χ0n) is 16.0. The normalized spacial score (nSPS) is 12.3. The van der Waals surface area contributed by atoms with Crippen LogP contribution < -0.4 is 0 Å². The third-order valence-electron chi connectivity index (χ3n) is 4.03. The molecule has 0 saturated heterocycles. The van der Waals surface area contributed by atoms with E-state index in [1.165, 1.54) is 0 Å². The van der Waals surface area contributed by atoms with Gasteiger partial charge in [-0.1, -0.05) is 18.2 Å². The van der Waals surface area contributed by atoms with Crippen LogP contribution in [-0.2, 0) is 20.7 Å². The fourth-order valence-corrected chi connectivity index (χ4v) is 2.94. The van der Waals surface area contributed by atoms with Gasteiger partial charge in [0.1, 0.15) is 0 Å². The molecule has 1 amide bonds. The number of hydrogen-bond acceptors (Lipinski definition) is 4. The first-order valence-corrected chi connectivity index (χ1v) is 8.90. The highest BCUT2D eigenvalue weighted by molar-refractivity contribution is 5.84. The number of rotatable bonds is 7. The maximum atomic E-state index is 12.5. The number of amides is 1. The van der Waals surface area contributed by atoms with Crippen LogP contribution in [0.4, 0.5) is 0 Å². The number of carbonyl (C=O) groups excluding carboxylic acids is 2. The van der Waals surface area contributed by atoms with Crippen molar-refractivity contribution in [3.05, 3.63) is 48.3 Å². The highest BCUT2D eigenvalue weighted by Crippen LogP contribution is 2.12. The van der Waals surface area contributed by atoms with Gasteiger partial charge in [-0.15, -0.1) is 0 Å². The van der Waals surface area contributed by atoms with Gasteiger partial charge in [0.25, 0.3) is 5.91 Å². The topological polar surface area (TPSA) is 64.4 Å². The average molecular weight is 357 g/mol. The molecule has 1 atom stereocenters. The van der Waals surface area contributed by atoms with Crippen LogP contribution in [0.15, 0.2) is 42.7 Å². The molecular weight excluding hydrogens is 330 g/mol. The minimum absolute atomic E-state index is 0.0488. The van der Waals surface area contributed by atoms with E-state index in [9.17, 15) is 9.59 Å². The molecule has 1 aromatic carbocycles. The summed E-state index contributed by atoms with van der Waals surface area (Å²) in [6, 6.07) is 9.74. The van der Waals surface area contributed by atoms with Crippen LogP contribution in [0.1, 0.15) is 40.2 Å². The summed E-state index contributed by atoms with van der Waals surface area (Å²) in [4.78, 5) is 26.5. The Morgan fingerprint density at radius 1 is 1.08 bits per heavy atom. The van der Waals surface area contributed by atoms with Crippen LogP contribution >= 0.6 is 0 Å². The van der Waals surface area contributed by atoms with Crippen molar-refractivity contribution in [1.29, 1.82) is 0 Å². The van der Waals surface area contributed by atoms with Crippen LogP contribution in [0, 0.1) is 0 Å². The number of hydrogen-bond donors (Lipinski definition) is 0. The molecule has 0 spiro atoms. The van der Waals surface area contributed by atoms with Crippen molar-refractivity contribution in [3.8, 4) is 5.69 Å². The number of benzene rings is 1. The van der Waals surface area contributed by atoms with Gasteiger partial charge in [-0.25, -0.2) is 4.68 Å². The SMILES string of the molecule is CC(OC(=O)Cc1cnn(-c2ccccc2)c1)C(=O)N(C(C)C)C(C)C. The fraction of sp³-hybridized carbons (Fsp3) is 0.450. The Morgan fingerprint density at radius 2 is 1.69 bits per heavy atom. The van der Waals surface area contributed by atoms with Gasteiger partial charge in [-0.05, 0) is 46.8 Å². The van der Waals surface area contributed by atoms with Crippen molar-refractivity contribution in [1.82, 2.24) is 14.7 Å². The highest BCUT2D eigenvalue weighted by Gasteiger charge is 2.27. The van der Waals surface area contributed by atoms with Gasteiger partial charge in [-0.3, -0.25) is 9.59 Å². The number of aromatic nitrogens is 2. The molecule has 0 aliphatic heterocycles. The molecule has 0 N–H and O–H groups in total. The predicted molar refractivity (Wildman–Crippen MR) is 99.9 cm³/mol. The van der Waals surface area contributed by atoms with Crippen LogP contribution in [-0.4, -0.2) is 44.7 Å². The van der Waals surface area contributed by atoms with Gasteiger partial charge in [0.15, 0.2) is 6.10 Å². The Kier molecular flexibility index (Phi) is 6.55. The Morgan fingerprint density at radius 3 is 2.27 bits per heavy atom. The summed E-state index contributed by atoms with van der Waals surface area (Å²) in [5.41, 5.74) is 1.66. The lowest BCUT2D eigenvalue weighted by Crippen LogP contribution is -2.47. The van der Waals surface area contributed by atoms with E-state index in [-0.39, 0.29) is 24.4 Å². The Bertz CT molecular complexity index is 730. The molecule has 0 aliphatic carbocycles. The minimum atomic E-state index is -0.809. The number of para-hydroxylation sites is 1. The molecule has 26 heavy (non-hydrogen) atoms. The van der Waals surface area contributed by atoms with Crippen LogP contribution in [0.5, 0.6) is 0 Å². The van der Waals surface area contributed by atoms with Gasteiger partial charge in [0, 0.05) is 23.8 Å². The third-order valence-corrected chi connectivity index (χ3v) is 4.03. The molecule has 6 nitrogen and oxygen atoms in total. The lowest BCUT2D eigenvalue weighted by molar-refractivity contribution is -0.160. The molecule has 1 unspecified atom stereocenters. The van der Waals surface area contributed by atoms with Crippen molar-refractivity contribution in [2.24, 2.45) is 0 Å². The molecule has 0 fully saturated rings. The zero-order valence-corrected chi connectivity index (χ0v) is 16.0. The van der Waals surface area contributed by atoms with E-state index in [2.05, 4.69) is 5.10 Å². The first kappa shape index (κ1) is 19.7. The highest BCUT2D eigenvalue weighted by atomic mass is 16.5. The minimum Gasteiger partial charge on any atom is -0.452 e. The van der Waals surface area contributed by atoms with Gasteiger partial charge >= 0.3 is 5.97 Å². The van der Waals surface area contributed by atoms with Gasteiger partial charge < -0.3 is 9.64 Å². The second kappa shape index (κ2) is 8.65. The molecule has 0 aliphatic rings. The van der Waals surface area contributed by atoms with Crippen molar-refractivity contribution < 1.29 is 14.3 Å². The monoisotopic (exact) mass is 357 g/mol.